The minimum absolute atomic E-state index is 0.0967. The van der Waals surface area contributed by atoms with Crippen LogP contribution >= 0.6 is 0 Å². The molecule has 2 aromatic carbocycles. The molecule has 20 heavy (non-hydrogen) atoms. The number of ether oxygens (including phenoxy) is 1. The van der Waals surface area contributed by atoms with Crippen molar-refractivity contribution in [2.24, 2.45) is 5.10 Å². The number of aromatic hydroxyl groups is 1. The molecule has 4 heteroatoms. The molecule has 104 valence electrons. The van der Waals surface area contributed by atoms with Gasteiger partial charge < -0.3 is 14.9 Å². The summed E-state index contributed by atoms with van der Waals surface area (Å²) in [6.45, 7) is 0. The molecular formula is C16H18N2O2. The fourth-order valence-corrected chi connectivity index (χ4v) is 1.93. The third-order valence-corrected chi connectivity index (χ3v) is 2.90. The van der Waals surface area contributed by atoms with E-state index in [1.165, 1.54) is 7.11 Å². The first kappa shape index (κ1) is 13.9. The van der Waals surface area contributed by atoms with Crippen LogP contribution < -0.4 is 4.74 Å². The van der Waals surface area contributed by atoms with Crippen LogP contribution in [0.15, 0.2) is 47.6 Å². The fourth-order valence-electron chi connectivity index (χ4n) is 1.93. The van der Waals surface area contributed by atoms with Crippen LogP contribution in [0, 0.1) is 0 Å². The van der Waals surface area contributed by atoms with E-state index >= 15 is 0 Å². The van der Waals surface area contributed by atoms with Gasteiger partial charge >= 0.3 is 0 Å². The highest BCUT2D eigenvalue weighted by Crippen LogP contribution is 2.36. The van der Waals surface area contributed by atoms with Crippen molar-refractivity contribution in [1.29, 1.82) is 0 Å². The molecule has 0 aliphatic heterocycles. The number of hydrazone groups is 1. The molecule has 0 radical (unpaired) electrons. The number of methoxy groups -OCH3 is 1. The van der Waals surface area contributed by atoms with Crippen molar-refractivity contribution in [3.8, 4) is 22.6 Å². The Morgan fingerprint density at radius 1 is 1.10 bits per heavy atom. The maximum atomic E-state index is 10.3. The average Bonchev–Trinajstić information content (AvgIpc) is 2.46. The molecule has 0 aromatic heterocycles. The smallest absolute Gasteiger partial charge is 0.167 e. The monoisotopic (exact) mass is 270 g/mol. The summed E-state index contributed by atoms with van der Waals surface area (Å²) in [5.41, 5.74) is 2.57. The van der Waals surface area contributed by atoms with Crippen LogP contribution in [0.1, 0.15) is 5.56 Å². The van der Waals surface area contributed by atoms with E-state index in [9.17, 15) is 5.11 Å². The Kier molecular flexibility index (Phi) is 4.25. The lowest BCUT2D eigenvalue weighted by Gasteiger charge is -2.12. The number of hydrogen-bond acceptors (Lipinski definition) is 4. The largest absolute Gasteiger partial charge is 0.504 e. The summed E-state index contributed by atoms with van der Waals surface area (Å²) in [6.07, 6.45) is 1.64. The van der Waals surface area contributed by atoms with Gasteiger partial charge in [0.15, 0.2) is 11.5 Å². The highest BCUT2D eigenvalue weighted by molar-refractivity contribution is 5.94. The van der Waals surface area contributed by atoms with E-state index in [0.29, 0.717) is 11.3 Å². The second-order valence-corrected chi connectivity index (χ2v) is 4.54. The van der Waals surface area contributed by atoms with Gasteiger partial charge in [0.05, 0.1) is 13.3 Å². The first-order valence-electron chi connectivity index (χ1n) is 6.30. The number of benzene rings is 2. The van der Waals surface area contributed by atoms with Crippen molar-refractivity contribution >= 4 is 6.21 Å². The quantitative estimate of drug-likeness (QED) is 0.686. The number of hydrogen-bond donors (Lipinski definition) is 1. The van der Waals surface area contributed by atoms with Gasteiger partial charge in [-0.2, -0.15) is 5.10 Å². The van der Waals surface area contributed by atoms with E-state index in [4.69, 9.17) is 4.74 Å². The molecule has 0 saturated heterocycles. The predicted octanol–water partition coefficient (Wildman–Crippen LogP) is 2.96. The Morgan fingerprint density at radius 3 is 2.40 bits per heavy atom. The SMILES string of the molecule is COc1ccc(-c2ccccc2)c(/C=N/N(C)C)c1O. The minimum atomic E-state index is 0.0967. The second kappa shape index (κ2) is 6.10. The second-order valence-electron chi connectivity index (χ2n) is 4.54. The van der Waals surface area contributed by atoms with Gasteiger partial charge in [0.1, 0.15) is 0 Å². The molecule has 2 aromatic rings. The maximum absolute atomic E-state index is 10.3. The molecule has 2 rings (SSSR count). The molecule has 0 fully saturated rings. The van der Waals surface area contributed by atoms with Crippen LogP contribution in [0.5, 0.6) is 11.5 Å². The van der Waals surface area contributed by atoms with Gasteiger partial charge in [-0.15, -0.1) is 0 Å². The van der Waals surface area contributed by atoms with E-state index in [1.807, 2.05) is 50.5 Å². The number of nitrogens with zero attached hydrogens (tertiary/aromatic N) is 2. The summed E-state index contributed by atoms with van der Waals surface area (Å²) in [5.74, 6) is 0.532. The molecule has 4 nitrogen and oxygen atoms in total. The highest BCUT2D eigenvalue weighted by Gasteiger charge is 2.13. The Morgan fingerprint density at radius 2 is 1.80 bits per heavy atom. The highest BCUT2D eigenvalue weighted by atomic mass is 16.5. The standard InChI is InChI=1S/C16H18N2O2/c1-18(2)17-11-14-13(12-7-5-4-6-8-12)9-10-15(20-3)16(14)19/h4-11,19H,1-3H3/b17-11+. The van der Waals surface area contributed by atoms with Crippen LogP contribution in [0.3, 0.4) is 0 Å². The van der Waals surface area contributed by atoms with Crippen molar-refractivity contribution in [3.63, 3.8) is 0 Å². The van der Waals surface area contributed by atoms with Crippen LogP contribution in [0.4, 0.5) is 0 Å². The number of phenolic OH excluding ortho intramolecular Hbond substituents is 1. The summed E-state index contributed by atoms with van der Waals surface area (Å²) in [6, 6.07) is 13.5. The zero-order valence-electron chi connectivity index (χ0n) is 11.9. The van der Waals surface area contributed by atoms with Gasteiger partial charge in [-0.1, -0.05) is 30.3 Å². The Hall–Kier alpha value is -2.49. The van der Waals surface area contributed by atoms with Crippen LogP contribution in [0.25, 0.3) is 11.1 Å². The normalized spacial score (nSPS) is 10.8. The average molecular weight is 270 g/mol. The molecule has 0 bridgehead atoms. The van der Waals surface area contributed by atoms with Gasteiger partial charge in [-0.3, -0.25) is 0 Å². The Labute approximate surface area is 118 Å². The lowest BCUT2D eigenvalue weighted by molar-refractivity contribution is 0.373. The van der Waals surface area contributed by atoms with Gasteiger partial charge in [0.2, 0.25) is 0 Å². The summed E-state index contributed by atoms with van der Waals surface area (Å²) < 4.78 is 5.16. The molecular weight excluding hydrogens is 252 g/mol. The molecule has 0 spiro atoms. The van der Waals surface area contributed by atoms with Crippen molar-refractivity contribution in [1.82, 2.24) is 5.01 Å². The summed E-state index contributed by atoms with van der Waals surface area (Å²) in [7, 11) is 5.19. The Balaban J connectivity index is 2.59. The van der Waals surface area contributed by atoms with Crippen LogP contribution in [-0.2, 0) is 0 Å². The molecule has 0 heterocycles. The molecule has 0 unspecified atom stereocenters. The first-order valence-corrected chi connectivity index (χ1v) is 6.30. The number of phenols is 1. The van der Waals surface area contributed by atoms with E-state index in [-0.39, 0.29) is 5.75 Å². The minimum Gasteiger partial charge on any atom is -0.504 e. The zero-order valence-corrected chi connectivity index (χ0v) is 11.9. The zero-order chi connectivity index (χ0) is 14.5. The molecule has 1 N–H and O–H groups in total. The van der Waals surface area contributed by atoms with E-state index in [2.05, 4.69) is 5.10 Å². The third kappa shape index (κ3) is 2.91. The first-order chi connectivity index (χ1) is 9.63. The van der Waals surface area contributed by atoms with E-state index in [0.717, 1.165) is 11.1 Å². The summed E-state index contributed by atoms with van der Waals surface area (Å²) >= 11 is 0. The van der Waals surface area contributed by atoms with Crippen molar-refractivity contribution in [2.45, 2.75) is 0 Å². The topological polar surface area (TPSA) is 45.1 Å². The summed E-state index contributed by atoms with van der Waals surface area (Å²) in [4.78, 5) is 0. The van der Waals surface area contributed by atoms with Gasteiger partial charge in [-0.25, -0.2) is 0 Å². The predicted molar refractivity (Wildman–Crippen MR) is 81.4 cm³/mol. The van der Waals surface area contributed by atoms with Gasteiger partial charge in [-0.05, 0) is 23.3 Å². The van der Waals surface area contributed by atoms with Crippen LogP contribution in [-0.4, -0.2) is 37.5 Å². The summed E-state index contributed by atoms with van der Waals surface area (Å²) in [5, 5.41) is 16.2. The van der Waals surface area contributed by atoms with Gasteiger partial charge in [0, 0.05) is 19.7 Å². The molecule has 0 amide bonds. The molecule has 0 saturated carbocycles. The number of rotatable bonds is 4. The van der Waals surface area contributed by atoms with E-state index < -0.39 is 0 Å². The molecule has 0 aliphatic rings. The fraction of sp³-hybridized carbons (Fsp3) is 0.188. The van der Waals surface area contributed by atoms with Crippen LogP contribution in [0.2, 0.25) is 0 Å². The van der Waals surface area contributed by atoms with Crippen molar-refractivity contribution < 1.29 is 9.84 Å². The molecule has 0 atom stereocenters. The lowest BCUT2D eigenvalue weighted by Crippen LogP contribution is -2.03. The van der Waals surface area contributed by atoms with Gasteiger partial charge in [0.25, 0.3) is 0 Å². The molecule has 0 aliphatic carbocycles. The maximum Gasteiger partial charge on any atom is 0.167 e. The van der Waals surface area contributed by atoms with Crippen molar-refractivity contribution in [2.75, 3.05) is 21.2 Å². The Bertz CT molecular complexity index is 607. The third-order valence-electron chi connectivity index (χ3n) is 2.90. The van der Waals surface area contributed by atoms with E-state index in [1.54, 1.807) is 17.3 Å². The van der Waals surface area contributed by atoms with Crippen molar-refractivity contribution in [3.05, 3.63) is 48.0 Å². The lowest BCUT2D eigenvalue weighted by atomic mass is 9.99.